The predicted octanol–water partition coefficient (Wildman–Crippen LogP) is 1.47. The molecule has 23 heavy (non-hydrogen) atoms. The monoisotopic (exact) mass is 317 g/mol. The zero-order valence-corrected chi connectivity index (χ0v) is 13.3. The lowest BCUT2D eigenvalue weighted by molar-refractivity contribution is -0.117. The van der Waals surface area contributed by atoms with Crippen LogP contribution in [0.15, 0.2) is 36.0 Å². The van der Waals surface area contributed by atoms with Gasteiger partial charge in [-0.3, -0.25) is 4.79 Å². The largest absolute Gasteiger partial charge is 0.497 e. The zero-order chi connectivity index (χ0) is 16.9. The van der Waals surface area contributed by atoms with Gasteiger partial charge in [0.2, 0.25) is 0 Å². The number of unbranched alkanes of at least 4 members (excludes halogenated alkanes) is 2. The summed E-state index contributed by atoms with van der Waals surface area (Å²) in [7, 11) is 1.59. The Labute approximate surface area is 136 Å². The van der Waals surface area contributed by atoms with E-state index in [1.54, 1.807) is 7.11 Å². The fourth-order valence-electron chi connectivity index (χ4n) is 1.86. The number of benzene rings is 1. The maximum atomic E-state index is 11.9. The topological polar surface area (TPSA) is 94.4 Å². The molecule has 0 bridgehead atoms. The average Bonchev–Trinajstić information content (AvgIpc) is 2.59. The number of nitrogens with zero attached hydrogens (tertiary/aromatic N) is 1. The highest BCUT2D eigenvalue weighted by Gasteiger charge is 2.08. The molecular weight excluding hydrogens is 294 g/mol. The van der Waals surface area contributed by atoms with E-state index in [-0.39, 0.29) is 12.2 Å². The molecule has 0 heterocycles. The van der Waals surface area contributed by atoms with Crippen LogP contribution < -0.4 is 15.4 Å². The number of methoxy groups -OCH3 is 1. The van der Waals surface area contributed by atoms with Gasteiger partial charge < -0.3 is 20.5 Å². The second-order valence-electron chi connectivity index (χ2n) is 4.94. The highest BCUT2D eigenvalue weighted by atomic mass is 16.5. The Hall–Kier alpha value is -2.52. The molecule has 0 unspecified atom stereocenters. The van der Waals surface area contributed by atoms with Crippen LogP contribution in [-0.4, -0.2) is 31.3 Å². The molecule has 6 heteroatoms. The summed E-state index contributed by atoms with van der Waals surface area (Å²) in [5.74, 6) is 0.342. The van der Waals surface area contributed by atoms with E-state index in [4.69, 9.17) is 15.1 Å². The van der Waals surface area contributed by atoms with E-state index < -0.39 is 5.91 Å². The molecule has 124 valence electrons. The first-order valence-corrected chi connectivity index (χ1v) is 7.57. The van der Waals surface area contributed by atoms with Crippen molar-refractivity contribution in [2.45, 2.75) is 25.8 Å². The van der Waals surface area contributed by atoms with E-state index in [0.717, 1.165) is 30.6 Å². The second kappa shape index (κ2) is 11.1. The maximum Gasteiger partial charge on any atom is 0.263 e. The fraction of sp³-hybridized carbons (Fsp3) is 0.412. The molecule has 0 atom stereocenters. The number of aliphatic hydroxyl groups excluding tert-OH is 1. The van der Waals surface area contributed by atoms with E-state index in [2.05, 4.69) is 10.6 Å². The van der Waals surface area contributed by atoms with Crippen LogP contribution in [0.3, 0.4) is 0 Å². The third-order valence-corrected chi connectivity index (χ3v) is 3.20. The Balaban J connectivity index is 2.39. The van der Waals surface area contributed by atoms with E-state index >= 15 is 0 Å². The number of hydrogen-bond acceptors (Lipinski definition) is 5. The Bertz CT molecular complexity index is 547. The van der Waals surface area contributed by atoms with Gasteiger partial charge in [-0.1, -0.05) is 12.1 Å². The van der Waals surface area contributed by atoms with E-state index in [9.17, 15) is 4.79 Å². The molecule has 0 aliphatic rings. The van der Waals surface area contributed by atoms with E-state index in [0.29, 0.717) is 13.1 Å². The number of ether oxygens (including phenoxy) is 1. The number of amides is 1. The molecule has 1 aromatic rings. The lowest BCUT2D eigenvalue weighted by Gasteiger charge is -2.06. The summed E-state index contributed by atoms with van der Waals surface area (Å²) in [6.07, 6.45) is 3.98. The predicted molar refractivity (Wildman–Crippen MR) is 87.5 cm³/mol. The molecule has 1 rings (SSSR count). The smallest absolute Gasteiger partial charge is 0.263 e. The average molecular weight is 317 g/mol. The van der Waals surface area contributed by atoms with Crippen LogP contribution in [0.1, 0.15) is 24.8 Å². The van der Waals surface area contributed by atoms with Gasteiger partial charge in [0.15, 0.2) is 0 Å². The summed E-state index contributed by atoms with van der Waals surface area (Å²) in [6.45, 7) is 1.20. The van der Waals surface area contributed by atoms with Gasteiger partial charge >= 0.3 is 0 Å². The SMILES string of the molecule is COc1ccc(CNC(=O)/C(C#N)=C\NCCCCCO)cc1. The van der Waals surface area contributed by atoms with Crippen molar-refractivity contribution in [3.05, 3.63) is 41.6 Å². The molecule has 0 saturated heterocycles. The first-order valence-electron chi connectivity index (χ1n) is 7.57. The minimum atomic E-state index is -0.411. The second-order valence-corrected chi connectivity index (χ2v) is 4.94. The van der Waals surface area contributed by atoms with Crippen LogP contribution in [0.2, 0.25) is 0 Å². The van der Waals surface area contributed by atoms with Crippen LogP contribution in [-0.2, 0) is 11.3 Å². The molecule has 0 fully saturated rings. The molecule has 1 amide bonds. The lowest BCUT2D eigenvalue weighted by Crippen LogP contribution is -2.25. The summed E-state index contributed by atoms with van der Waals surface area (Å²) < 4.78 is 5.07. The van der Waals surface area contributed by atoms with Crippen molar-refractivity contribution in [3.8, 4) is 11.8 Å². The molecule has 0 saturated carbocycles. The van der Waals surface area contributed by atoms with Crippen molar-refractivity contribution in [3.63, 3.8) is 0 Å². The summed E-state index contributed by atoms with van der Waals surface area (Å²) >= 11 is 0. The minimum absolute atomic E-state index is 0.0423. The Kier molecular flexibility index (Phi) is 8.94. The van der Waals surface area contributed by atoms with Crippen molar-refractivity contribution in [1.82, 2.24) is 10.6 Å². The highest BCUT2D eigenvalue weighted by molar-refractivity contribution is 5.97. The molecular formula is C17H23N3O3. The van der Waals surface area contributed by atoms with Crippen molar-refractivity contribution in [1.29, 1.82) is 5.26 Å². The summed E-state index contributed by atoms with van der Waals surface area (Å²) in [6, 6.07) is 9.23. The molecule has 1 aromatic carbocycles. The van der Waals surface area contributed by atoms with Gasteiger partial charge in [-0.15, -0.1) is 0 Å². The van der Waals surface area contributed by atoms with Crippen LogP contribution in [0.4, 0.5) is 0 Å². The standard InChI is InChI=1S/C17H23N3O3/c1-23-16-7-5-14(6-8-16)12-20-17(22)15(11-18)13-19-9-3-2-4-10-21/h5-8,13,19,21H,2-4,9-10,12H2,1H3,(H,20,22)/b15-13-. The van der Waals surface area contributed by atoms with E-state index in [1.807, 2.05) is 30.3 Å². The third kappa shape index (κ3) is 7.34. The lowest BCUT2D eigenvalue weighted by atomic mass is 10.2. The number of nitrogens with one attached hydrogen (secondary N) is 2. The van der Waals surface area contributed by atoms with Crippen molar-refractivity contribution in [2.24, 2.45) is 0 Å². The van der Waals surface area contributed by atoms with Crippen molar-refractivity contribution >= 4 is 5.91 Å². The first kappa shape index (κ1) is 18.5. The Morgan fingerprint density at radius 2 is 2.04 bits per heavy atom. The minimum Gasteiger partial charge on any atom is -0.497 e. The van der Waals surface area contributed by atoms with Gasteiger partial charge in [-0.2, -0.15) is 5.26 Å². The normalized spacial score (nSPS) is 10.7. The summed E-state index contributed by atoms with van der Waals surface area (Å²) in [5.41, 5.74) is 0.967. The zero-order valence-electron chi connectivity index (χ0n) is 13.3. The first-order chi connectivity index (χ1) is 11.2. The maximum absolute atomic E-state index is 11.9. The Morgan fingerprint density at radius 3 is 2.65 bits per heavy atom. The van der Waals surface area contributed by atoms with Crippen molar-refractivity contribution in [2.75, 3.05) is 20.3 Å². The van der Waals surface area contributed by atoms with Gasteiger partial charge in [0.1, 0.15) is 17.4 Å². The molecule has 0 aliphatic carbocycles. The third-order valence-electron chi connectivity index (χ3n) is 3.20. The van der Waals surface area contributed by atoms with Crippen LogP contribution in [0.25, 0.3) is 0 Å². The van der Waals surface area contributed by atoms with Gasteiger partial charge in [0, 0.05) is 25.9 Å². The molecule has 0 spiro atoms. The van der Waals surface area contributed by atoms with E-state index in [1.165, 1.54) is 6.20 Å². The number of hydrogen-bond donors (Lipinski definition) is 3. The van der Waals surface area contributed by atoms with Crippen LogP contribution >= 0.6 is 0 Å². The quantitative estimate of drug-likeness (QED) is 0.345. The number of aliphatic hydroxyl groups is 1. The summed E-state index contributed by atoms with van der Waals surface area (Å²) in [4.78, 5) is 11.9. The van der Waals surface area contributed by atoms with Gasteiger partial charge in [0.25, 0.3) is 5.91 Å². The molecule has 0 aromatic heterocycles. The molecule has 0 aliphatic heterocycles. The number of carbonyl (C=O) groups excluding carboxylic acids is 1. The molecule has 0 radical (unpaired) electrons. The van der Waals surface area contributed by atoms with Gasteiger partial charge in [-0.05, 0) is 37.0 Å². The molecule has 3 N–H and O–H groups in total. The Morgan fingerprint density at radius 1 is 1.30 bits per heavy atom. The van der Waals surface area contributed by atoms with Crippen LogP contribution in [0, 0.1) is 11.3 Å². The fourth-order valence-corrected chi connectivity index (χ4v) is 1.86. The number of nitriles is 1. The number of rotatable bonds is 10. The van der Waals surface area contributed by atoms with Crippen LogP contribution in [0.5, 0.6) is 5.75 Å². The van der Waals surface area contributed by atoms with Crippen molar-refractivity contribution < 1.29 is 14.6 Å². The highest BCUT2D eigenvalue weighted by Crippen LogP contribution is 2.11. The molecule has 6 nitrogen and oxygen atoms in total. The number of carbonyl (C=O) groups is 1. The van der Waals surface area contributed by atoms with Gasteiger partial charge in [-0.25, -0.2) is 0 Å². The summed E-state index contributed by atoms with van der Waals surface area (Å²) in [5, 5.41) is 23.4. The van der Waals surface area contributed by atoms with Gasteiger partial charge in [0.05, 0.1) is 7.11 Å².